The van der Waals surface area contributed by atoms with Gasteiger partial charge in [-0.3, -0.25) is 4.79 Å². The van der Waals surface area contributed by atoms with E-state index in [9.17, 15) is 9.59 Å². The number of aliphatic hydroxyl groups is 4. The number of hydrogen-bond donors (Lipinski definition) is 6. The molecule has 0 saturated carbocycles. The third kappa shape index (κ3) is 5.41. The van der Waals surface area contributed by atoms with Crippen molar-refractivity contribution >= 4 is 11.9 Å². The average Bonchev–Trinajstić information content (AvgIpc) is 2.56. The zero-order chi connectivity index (χ0) is 13.6. The van der Waals surface area contributed by atoms with E-state index in [0.717, 1.165) is 0 Å². The maximum Gasteiger partial charge on any atom is 0.377 e. The zero-order valence-electron chi connectivity index (χ0n) is 9.31. The standard InChI is InChI=1S/C6H8O6.C2H5NO2.Zn/c7-1-2(8)5-3(9)4(10)6(11)12-5;3-1-2(4)5;/h2,5,7-10H,1H2;1,3H2,(H,4,5);/t2-,5+;;/m0../s1. The number of rotatable bonds is 3. The molecular formula is C8H13NO8Zn. The molecule has 0 bridgehead atoms. The third-order valence-corrected chi connectivity index (χ3v) is 1.65. The second-order valence-corrected chi connectivity index (χ2v) is 2.91. The predicted octanol–water partition coefficient (Wildman–Crippen LogP) is -2.38. The number of aliphatic hydroxyl groups excluding tert-OH is 4. The van der Waals surface area contributed by atoms with Crippen molar-refractivity contribution in [2.24, 2.45) is 5.73 Å². The number of carboxylic acids is 1. The molecule has 1 heterocycles. The summed E-state index contributed by atoms with van der Waals surface area (Å²) >= 11 is 0. The Kier molecular flexibility index (Phi) is 9.37. The van der Waals surface area contributed by atoms with E-state index < -0.39 is 42.3 Å². The molecule has 0 spiro atoms. The molecule has 9 nitrogen and oxygen atoms in total. The van der Waals surface area contributed by atoms with Crippen molar-refractivity contribution in [1.29, 1.82) is 0 Å². The molecule has 0 aromatic carbocycles. The van der Waals surface area contributed by atoms with Crippen LogP contribution in [-0.2, 0) is 33.8 Å². The van der Waals surface area contributed by atoms with Crippen LogP contribution in [0.2, 0.25) is 0 Å². The summed E-state index contributed by atoms with van der Waals surface area (Å²) in [5.41, 5.74) is 4.57. The largest absolute Gasteiger partial charge is 0.505 e. The monoisotopic (exact) mass is 315 g/mol. The van der Waals surface area contributed by atoms with Crippen molar-refractivity contribution in [2.75, 3.05) is 13.2 Å². The zero-order valence-corrected chi connectivity index (χ0v) is 12.3. The minimum absolute atomic E-state index is 0. The van der Waals surface area contributed by atoms with Crippen molar-refractivity contribution in [3.8, 4) is 0 Å². The van der Waals surface area contributed by atoms with Crippen LogP contribution in [0.15, 0.2) is 11.5 Å². The van der Waals surface area contributed by atoms with Gasteiger partial charge in [0.2, 0.25) is 5.76 Å². The molecule has 1 rings (SSSR count). The number of hydrogen-bond acceptors (Lipinski definition) is 8. The van der Waals surface area contributed by atoms with E-state index in [0.29, 0.717) is 0 Å². The minimum atomic E-state index is -1.42. The molecule has 1 aliphatic heterocycles. The SMILES string of the molecule is NCC(=O)O.O=C1O[C@H]([C@@H](O)CO)C(O)=C1O.[Zn]. The Morgan fingerprint density at radius 2 is 1.89 bits per heavy atom. The van der Waals surface area contributed by atoms with Gasteiger partial charge in [0.05, 0.1) is 13.2 Å². The number of esters is 1. The van der Waals surface area contributed by atoms with Gasteiger partial charge in [0.1, 0.15) is 6.10 Å². The molecule has 1 aliphatic rings. The van der Waals surface area contributed by atoms with Gasteiger partial charge in [0, 0.05) is 19.5 Å². The van der Waals surface area contributed by atoms with Gasteiger partial charge in [0.25, 0.3) is 0 Å². The quantitative estimate of drug-likeness (QED) is 0.246. The van der Waals surface area contributed by atoms with Crippen molar-refractivity contribution in [3.05, 3.63) is 11.5 Å². The topological polar surface area (TPSA) is 171 Å². The first kappa shape index (κ1) is 19.1. The van der Waals surface area contributed by atoms with Crippen LogP contribution in [0.4, 0.5) is 0 Å². The van der Waals surface area contributed by atoms with Crippen LogP contribution in [0.3, 0.4) is 0 Å². The molecule has 100 valence electrons. The Morgan fingerprint density at radius 3 is 2.11 bits per heavy atom. The van der Waals surface area contributed by atoms with Gasteiger partial charge in [-0.2, -0.15) is 0 Å². The minimum Gasteiger partial charge on any atom is -0.505 e. The smallest absolute Gasteiger partial charge is 0.377 e. The maximum absolute atomic E-state index is 10.5. The number of ether oxygens (including phenoxy) is 1. The van der Waals surface area contributed by atoms with E-state index in [1.54, 1.807) is 0 Å². The van der Waals surface area contributed by atoms with E-state index in [-0.39, 0.29) is 26.0 Å². The second-order valence-electron chi connectivity index (χ2n) is 2.91. The van der Waals surface area contributed by atoms with Crippen molar-refractivity contribution in [2.45, 2.75) is 12.2 Å². The van der Waals surface area contributed by atoms with Gasteiger partial charge in [-0.25, -0.2) is 4.79 Å². The molecule has 0 aliphatic carbocycles. The number of carboxylic acid groups (broad SMARTS) is 1. The summed E-state index contributed by atoms with van der Waals surface area (Å²) in [5, 5.41) is 42.6. The van der Waals surface area contributed by atoms with Gasteiger partial charge in [0.15, 0.2) is 11.9 Å². The molecule has 0 amide bonds. The average molecular weight is 317 g/mol. The van der Waals surface area contributed by atoms with Crippen LogP contribution in [0, 0.1) is 0 Å². The Bertz CT molecular complexity index is 331. The summed E-state index contributed by atoms with van der Waals surface area (Å²) in [6, 6.07) is 0. The molecule has 7 N–H and O–H groups in total. The molecule has 0 unspecified atom stereocenters. The molecule has 10 heteroatoms. The number of aliphatic carboxylic acids is 1. The van der Waals surface area contributed by atoms with Crippen LogP contribution >= 0.6 is 0 Å². The molecule has 0 fully saturated rings. The maximum atomic E-state index is 10.5. The summed E-state index contributed by atoms with van der Waals surface area (Å²) in [7, 11) is 0. The van der Waals surface area contributed by atoms with E-state index in [1.807, 2.05) is 0 Å². The van der Waals surface area contributed by atoms with Gasteiger partial charge in [-0.15, -0.1) is 0 Å². The molecule has 0 saturated heterocycles. The van der Waals surface area contributed by atoms with Crippen LogP contribution in [0.1, 0.15) is 0 Å². The fraction of sp³-hybridized carbons (Fsp3) is 0.500. The van der Waals surface area contributed by atoms with Crippen LogP contribution in [-0.4, -0.2) is 62.8 Å². The Morgan fingerprint density at radius 1 is 1.44 bits per heavy atom. The first-order chi connectivity index (χ1) is 7.84. The van der Waals surface area contributed by atoms with Crippen LogP contribution in [0.25, 0.3) is 0 Å². The first-order valence-corrected chi connectivity index (χ1v) is 4.39. The normalized spacial score (nSPS) is 19.3. The Balaban J connectivity index is 0. The number of cyclic esters (lactones) is 1. The van der Waals surface area contributed by atoms with Crippen molar-refractivity contribution in [3.63, 3.8) is 0 Å². The summed E-state index contributed by atoms with van der Waals surface area (Å²) in [6.07, 6.45) is -2.78. The summed E-state index contributed by atoms with van der Waals surface area (Å²) in [5.74, 6) is -3.75. The van der Waals surface area contributed by atoms with E-state index in [4.69, 9.17) is 25.5 Å². The van der Waals surface area contributed by atoms with Gasteiger partial charge >= 0.3 is 11.9 Å². The summed E-state index contributed by atoms with van der Waals surface area (Å²) in [4.78, 5) is 19.8. The van der Waals surface area contributed by atoms with E-state index >= 15 is 0 Å². The van der Waals surface area contributed by atoms with Gasteiger partial charge in [-0.1, -0.05) is 0 Å². The summed E-state index contributed by atoms with van der Waals surface area (Å²) in [6.45, 7) is -0.949. The Hall–Kier alpha value is -1.22. The van der Waals surface area contributed by atoms with Crippen molar-refractivity contribution < 1.29 is 59.3 Å². The number of carbonyl (C=O) groups is 2. The van der Waals surface area contributed by atoms with Gasteiger partial charge in [-0.05, 0) is 0 Å². The fourth-order valence-corrected chi connectivity index (χ4v) is 0.823. The summed E-state index contributed by atoms with van der Waals surface area (Å²) < 4.78 is 4.32. The molecule has 2 atom stereocenters. The Labute approximate surface area is 114 Å². The molecular weight excluding hydrogens is 303 g/mol. The van der Waals surface area contributed by atoms with Crippen LogP contribution < -0.4 is 5.73 Å². The van der Waals surface area contributed by atoms with Gasteiger partial charge < -0.3 is 36.0 Å². The molecule has 0 radical (unpaired) electrons. The predicted molar refractivity (Wildman–Crippen MR) is 51.9 cm³/mol. The fourth-order valence-electron chi connectivity index (χ4n) is 0.823. The van der Waals surface area contributed by atoms with E-state index in [2.05, 4.69) is 10.5 Å². The number of carbonyl (C=O) groups excluding carboxylic acids is 1. The molecule has 18 heavy (non-hydrogen) atoms. The molecule has 0 aromatic heterocycles. The third-order valence-electron chi connectivity index (χ3n) is 1.65. The number of nitrogens with two attached hydrogens (primary N) is 1. The molecule has 0 aromatic rings. The van der Waals surface area contributed by atoms with Crippen molar-refractivity contribution in [1.82, 2.24) is 0 Å². The first-order valence-electron chi connectivity index (χ1n) is 4.39. The van der Waals surface area contributed by atoms with Crippen LogP contribution in [0.5, 0.6) is 0 Å². The second kappa shape index (κ2) is 8.81. The van der Waals surface area contributed by atoms with E-state index in [1.165, 1.54) is 0 Å².